The van der Waals surface area contributed by atoms with Crippen molar-refractivity contribution in [2.24, 2.45) is 5.92 Å². The van der Waals surface area contributed by atoms with Gasteiger partial charge >= 0.3 is 0 Å². The number of nitrogens with one attached hydrogen (secondary N) is 1. The average molecular weight is 284 g/mol. The highest BCUT2D eigenvalue weighted by Crippen LogP contribution is 2.38. The van der Waals surface area contributed by atoms with Crippen LogP contribution in [-0.4, -0.2) is 24.7 Å². The summed E-state index contributed by atoms with van der Waals surface area (Å²) >= 11 is 6.02. The van der Waals surface area contributed by atoms with Crippen molar-refractivity contribution in [1.29, 1.82) is 0 Å². The third-order valence-corrected chi connectivity index (χ3v) is 4.58. The predicted molar refractivity (Wildman–Crippen MR) is 69.9 cm³/mol. The maximum Gasteiger partial charge on any atom is 0.256 e. The molecular formula is C14H15ClFNO2. The summed E-state index contributed by atoms with van der Waals surface area (Å²) < 4.78 is 19.2. The number of ether oxygens (including phenoxy) is 1. The molecular weight excluding hydrogens is 269 g/mol. The van der Waals surface area contributed by atoms with E-state index < -0.39 is 11.7 Å². The molecule has 0 radical (unpaired) electrons. The molecule has 102 valence electrons. The molecule has 1 aromatic carbocycles. The Balaban J connectivity index is 1.76. The van der Waals surface area contributed by atoms with Crippen molar-refractivity contribution in [2.75, 3.05) is 6.61 Å². The lowest BCUT2D eigenvalue weighted by molar-refractivity contribution is 0.00805. The Morgan fingerprint density at radius 2 is 2.32 bits per heavy atom. The minimum Gasteiger partial charge on any atom is -0.378 e. The van der Waals surface area contributed by atoms with Gasteiger partial charge in [-0.2, -0.15) is 0 Å². The molecule has 0 unspecified atom stereocenters. The van der Waals surface area contributed by atoms with Gasteiger partial charge in [0.2, 0.25) is 0 Å². The number of carbonyl (C=O) groups is 1. The number of halogens is 2. The first-order valence-corrected chi connectivity index (χ1v) is 6.83. The Kier molecular flexibility index (Phi) is 3.23. The molecule has 1 saturated carbocycles. The van der Waals surface area contributed by atoms with Crippen LogP contribution in [0.1, 0.15) is 28.8 Å². The van der Waals surface area contributed by atoms with Crippen molar-refractivity contribution < 1.29 is 13.9 Å². The molecule has 1 aliphatic carbocycles. The predicted octanol–water partition coefficient (Wildman–Crippen LogP) is 2.69. The van der Waals surface area contributed by atoms with Gasteiger partial charge in [0.15, 0.2) is 0 Å². The zero-order valence-corrected chi connectivity index (χ0v) is 11.3. The zero-order chi connectivity index (χ0) is 13.6. The van der Waals surface area contributed by atoms with E-state index in [-0.39, 0.29) is 22.7 Å². The van der Waals surface area contributed by atoms with Crippen molar-refractivity contribution in [3.8, 4) is 0 Å². The lowest BCUT2D eigenvalue weighted by Crippen LogP contribution is -2.53. The van der Waals surface area contributed by atoms with E-state index in [9.17, 15) is 9.18 Å². The summed E-state index contributed by atoms with van der Waals surface area (Å²) in [6, 6.07) is 2.92. The molecule has 1 N–H and O–H groups in total. The van der Waals surface area contributed by atoms with Gasteiger partial charge in [0.05, 0.1) is 16.7 Å². The first-order valence-electron chi connectivity index (χ1n) is 6.45. The summed E-state index contributed by atoms with van der Waals surface area (Å²) in [7, 11) is 0. The fourth-order valence-corrected chi connectivity index (χ4v) is 3.11. The number of fused-ring (bicyclic) bond motifs is 1. The zero-order valence-electron chi connectivity index (χ0n) is 10.6. The van der Waals surface area contributed by atoms with Crippen molar-refractivity contribution >= 4 is 17.5 Å². The first-order chi connectivity index (χ1) is 9.08. The van der Waals surface area contributed by atoms with E-state index in [0.717, 1.165) is 19.4 Å². The molecule has 1 aliphatic heterocycles. The van der Waals surface area contributed by atoms with E-state index >= 15 is 0 Å². The van der Waals surface area contributed by atoms with Gasteiger partial charge in [0.1, 0.15) is 5.82 Å². The number of hydrogen-bond acceptors (Lipinski definition) is 2. The van der Waals surface area contributed by atoms with Gasteiger partial charge in [0, 0.05) is 18.6 Å². The second-order valence-electron chi connectivity index (χ2n) is 5.23. The van der Waals surface area contributed by atoms with Crippen molar-refractivity contribution in [2.45, 2.75) is 31.9 Å². The van der Waals surface area contributed by atoms with Crippen LogP contribution in [0.25, 0.3) is 0 Å². The first kappa shape index (κ1) is 12.9. The Morgan fingerprint density at radius 3 is 3.05 bits per heavy atom. The van der Waals surface area contributed by atoms with Gasteiger partial charge in [-0.05, 0) is 31.4 Å². The fraction of sp³-hybridized carbons (Fsp3) is 0.500. The molecule has 2 fully saturated rings. The number of carbonyl (C=O) groups excluding carboxylic acids is 1. The Bertz CT molecular complexity index is 534. The van der Waals surface area contributed by atoms with Crippen LogP contribution in [0.2, 0.25) is 5.02 Å². The van der Waals surface area contributed by atoms with Crippen LogP contribution in [0.5, 0.6) is 0 Å². The second kappa shape index (κ2) is 4.76. The molecule has 3 rings (SSSR count). The molecule has 0 aromatic heterocycles. The smallest absolute Gasteiger partial charge is 0.256 e. The molecule has 3 atom stereocenters. The minimum atomic E-state index is -0.577. The van der Waals surface area contributed by atoms with E-state index in [1.54, 1.807) is 13.0 Å². The molecule has 3 nitrogen and oxygen atoms in total. The third kappa shape index (κ3) is 2.13. The number of benzene rings is 1. The van der Waals surface area contributed by atoms with Crippen LogP contribution < -0.4 is 5.32 Å². The summed E-state index contributed by atoms with van der Waals surface area (Å²) in [5, 5.41) is 3.06. The molecule has 2 aliphatic rings. The number of aryl methyl sites for hydroxylation is 1. The SMILES string of the molecule is Cc1ccc(F)c(C(=O)N[C@H]2C[C@@H]3OCC[C@H]23)c1Cl. The highest BCUT2D eigenvalue weighted by atomic mass is 35.5. The monoisotopic (exact) mass is 283 g/mol. The minimum absolute atomic E-state index is 0.0518. The van der Waals surface area contributed by atoms with Crippen LogP contribution in [0.3, 0.4) is 0 Å². The van der Waals surface area contributed by atoms with Gasteiger partial charge in [-0.25, -0.2) is 4.39 Å². The van der Waals surface area contributed by atoms with Crippen LogP contribution >= 0.6 is 11.6 Å². The van der Waals surface area contributed by atoms with E-state index in [1.165, 1.54) is 6.07 Å². The number of amides is 1. The highest BCUT2D eigenvalue weighted by Gasteiger charge is 2.46. The van der Waals surface area contributed by atoms with Crippen molar-refractivity contribution in [1.82, 2.24) is 5.32 Å². The van der Waals surface area contributed by atoms with Crippen LogP contribution in [-0.2, 0) is 4.74 Å². The van der Waals surface area contributed by atoms with Gasteiger partial charge < -0.3 is 10.1 Å². The lowest BCUT2D eigenvalue weighted by Gasteiger charge is -2.39. The van der Waals surface area contributed by atoms with E-state index in [4.69, 9.17) is 16.3 Å². The van der Waals surface area contributed by atoms with Gasteiger partial charge in [-0.3, -0.25) is 4.79 Å². The fourth-order valence-electron chi connectivity index (χ4n) is 2.87. The standard InChI is InChI=1S/C14H15ClFNO2/c1-7-2-3-9(16)12(13(7)15)14(18)17-10-6-11-8(10)4-5-19-11/h2-3,8,10-11H,4-6H2,1H3,(H,17,18)/t8-,10+,11+/m1/s1. The van der Waals surface area contributed by atoms with Gasteiger partial charge in [0.25, 0.3) is 5.91 Å². The molecule has 1 aromatic rings. The summed E-state index contributed by atoms with van der Waals surface area (Å²) in [4.78, 5) is 12.2. The number of rotatable bonds is 2. The van der Waals surface area contributed by atoms with Crippen LogP contribution in [0, 0.1) is 18.7 Å². The Morgan fingerprint density at radius 1 is 1.53 bits per heavy atom. The summed E-state index contributed by atoms with van der Waals surface area (Å²) in [5.41, 5.74) is 0.646. The molecule has 1 amide bonds. The second-order valence-corrected chi connectivity index (χ2v) is 5.61. The maximum absolute atomic E-state index is 13.8. The maximum atomic E-state index is 13.8. The lowest BCUT2D eigenvalue weighted by atomic mass is 9.76. The van der Waals surface area contributed by atoms with Crippen LogP contribution in [0.4, 0.5) is 4.39 Å². The highest BCUT2D eigenvalue weighted by molar-refractivity contribution is 6.34. The molecule has 5 heteroatoms. The van der Waals surface area contributed by atoms with Gasteiger partial charge in [-0.1, -0.05) is 17.7 Å². The Hall–Kier alpha value is -1.13. The topological polar surface area (TPSA) is 38.3 Å². The quantitative estimate of drug-likeness (QED) is 0.906. The van der Waals surface area contributed by atoms with E-state index in [2.05, 4.69) is 5.32 Å². The normalized spacial score (nSPS) is 28.7. The van der Waals surface area contributed by atoms with E-state index in [1.807, 2.05) is 0 Å². The van der Waals surface area contributed by atoms with E-state index in [0.29, 0.717) is 11.5 Å². The third-order valence-electron chi connectivity index (χ3n) is 4.09. The van der Waals surface area contributed by atoms with Crippen molar-refractivity contribution in [3.05, 3.63) is 34.1 Å². The summed E-state index contributed by atoms with van der Waals surface area (Å²) in [6.45, 7) is 2.50. The summed E-state index contributed by atoms with van der Waals surface area (Å²) in [6.07, 6.45) is 2.03. The average Bonchev–Trinajstić information content (AvgIpc) is 2.73. The van der Waals surface area contributed by atoms with Gasteiger partial charge in [-0.15, -0.1) is 0 Å². The molecule has 0 bridgehead atoms. The molecule has 19 heavy (non-hydrogen) atoms. The van der Waals surface area contributed by atoms with Crippen molar-refractivity contribution in [3.63, 3.8) is 0 Å². The largest absolute Gasteiger partial charge is 0.378 e. The summed E-state index contributed by atoms with van der Waals surface area (Å²) in [5.74, 6) is -0.635. The molecule has 1 heterocycles. The molecule has 1 saturated heterocycles. The number of hydrogen-bond donors (Lipinski definition) is 1. The molecule has 0 spiro atoms. The van der Waals surface area contributed by atoms with Crippen LogP contribution in [0.15, 0.2) is 12.1 Å². The Labute approximate surface area is 116 Å².